The van der Waals surface area contributed by atoms with Crippen molar-refractivity contribution in [3.63, 3.8) is 0 Å². The second-order valence-electron chi connectivity index (χ2n) is 8.26. The van der Waals surface area contributed by atoms with Gasteiger partial charge in [-0.15, -0.1) is 0 Å². The maximum Gasteiger partial charge on any atom is 0.416 e. The van der Waals surface area contributed by atoms with E-state index in [1.54, 1.807) is 42.2 Å². The lowest BCUT2D eigenvalue weighted by Crippen LogP contribution is -2.21. The average molecular weight is 512 g/mol. The number of nitrogens with zero attached hydrogens (tertiary/aromatic N) is 4. The van der Waals surface area contributed by atoms with E-state index in [2.05, 4.69) is 30.9 Å². The zero-order valence-electron chi connectivity index (χ0n) is 19.8. The number of halogens is 3. The molecule has 2 aromatic heterocycles. The second-order valence-corrected chi connectivity index (χ2v) is 8.26. The van der Waals surface area contributed by atoms with Crippen LogP contribution in [0.1, 0.15) is 30.4 Å². The molecule has 37 heavy (non-hydrogen) atoms. The molecule has 192 valence electrons. The van der Waals surface area contributed by atoms with Crippen molar-refractivity contribution in [2.75, 3.05) is 23.0 Å². The lowest BCUT2D eigenvalue weighted by Gasteiger charge is -2.19. The first-order valence-corrected chi connectivity index (χ1v) is 11.1. The summed E-state index contributed by atoms with van der Waals surface area (Å²) in [5.41, 5.74) is 6.39. The molecule has 10 nitrogen and oxygen atoms in total. The maximum atomic E-state index is 13.6. The number of alkyl halides is 3. The summed E-state index contributed by atoms with van der Waals surface area (Å²) in [6.07, 6.45) is -1.89. The Morgan fingerprint density at radius 2 is 1.70 bits per heavy atom. The Hall–Kier alpha value is -4.68. The molecule has 1 unspecified atom stereocenters. The molecular formula is C24H23F3N8O2. The van der Waals surface area contributed by atoms with E-state index in [0.29, 0.717) is 22.7 Å². The molecule has 0 aliphatic rings. The Balaban J connectivity index is 1.48. The van der Waals surface area contributed by atoms with Crippen molar-refractivity contribution < 1.29 is 22.8 Å². The number of primary amides is 1. The Kier molecular flexibility index (Phi) is 6.96. The summed E-state index contributed by atoms with van der Waals surface area (Å²) in [5, 5.41) is 7.95. The minimum atomic E-state index is -4.68. The predicted octanol–water partition coefficient (Wildman–Crippen LogP) is 4.50. The summed E-state index contributed by atoms with van der Waals surface area (Å²) < 4.78 is 42.7. The van der Waals surface area contributed by atoms with Gasteiger partial charge in [-0.1, -0.05) is 13.0 Å². The van der Waals surface area contributed by atoms with Crippen LogP contribution in [0, 0.1) is 0 Å². The fourth-order valence-electron chi connectivity index (χ4n) is 3.93. The molecular weight excluding hydrogens is 489 g/mol. The van der Waals surface area contributed by atoms with Crippen LogP contribution in [0.3, 0.4) is 0 Å². The number of aromatic nitrogens is 4. The molecule has 4 aromatic rings. The Morgan fingerprint density at radius 3 is 2.35 bits per heavy atom. The van der Waals surface area contributed by atoms with E-state index in [1.165, 1.54) is 25.4 Å². The number of nitrogens with one attached hydrogen (secondary N) is 3. The quantitative estimate of drug-likeness (QED) is 0.288. The standard InChI is InChI=1S/C24H23F3N8O2/c1-13(9-19(28)36)17-8-5-15(10-18(17)24(25,26)27)34-23(37)33-14-3-6-16(7-4-14)35-12-32-20-21(29-2)30-11-31-22(20)35/h3-8,10-13H,9H2,1-2H3,(H2,28,36)(H,29,30,31)(H2,33,34,37). The third-order valence-electron chi connectivity index (χ3n) is 5.63. The number of benzene rings is 2. The fourth-order valence-corrected chi connectivity index (χ4v) is 3.93. The van der Waals surface area contributed by atoms with Crippen LogP contribution in [0.4, 0.5) is 35.2 Å². The molecule has 0 fully saturated rings. The summed E-state index contributed by atoms with van der Waals surface area (Å²) in [4.78, 5) is 36.3. The van der Waals surface area contributed by atoms with Crippen molar-refractivity contribution in [2.45, 2.75) is 25.4 Å². The van der Waals surface area contributed by atoms with Crippen LogP contribution < -0.4 is 21.7 Å². The molecule has 0 saturated heterocycles. The first kappa shape index (κ1) is 25.4. The summed E-state index contributed by atoms with van der Waals surface area (Å²) in [5.74, 6) is -0.854. The van der Waals surface area contributed by atoms with Crippen LogP contribution in [0.2, 0.25) is 0 Å². The van der Waals surface area contributed by atoms with Gasteiger partial charge in [0, 0.05) is 30.5 Å². The van der Waals surface area contributed by atoms with Gasteiger partial charge >= 0.3 is 12.2 Å². The minimum absolute atomic E-state index is 0.0543. The molecule has 5 N–H and O–H groups in total. The highest BCUT2D eigenvalue weighted by atomic mass is 19.4. The molecule has 0 aliphatic carbocycles. The molecule has 0 saturated carbocycles. The van der Waals surface area contributed by atoms with Gasteiger partial charge in [0.1, 0.15) is 12.7 Å². The number of urea groups is 1. The number of hydrogen-bond acceptors (Lipinski definition) is 6. The van der Waals surface area contributed by atoms with E-state index in [9.17, 15) is 22.8 Å². The van der Waals surface area contributed by atoms with Crippen LogP contribution in [0.5, 0.6) is 0 Å². The monoisotopic (exact) mass is 512 g/mol. The summed E-state index contributed by atoms with van der Waals surface area (Å²) in [6, 6.07) is 9.42. The molecule has 2 aromatic carbocycles. The number of imidazole rings is 1. The van der Waals surface area contributed by atoms with Gasteiger partial charge in [0.15, 0.2) is 17.0 Å². The van der Waals surface area contributed by atoms with E-state index in [-0.39, 0.29) is 17.7 Å². The number of rotatable bonds is 7. The molecule has 0 spiro atoms. The minimum Gasteiger partial charge on any atom is -0.371 e. The van der Waals surface area contributed by atoms with Crippen molar-refractivity contribution >= 4 is 40.3 Å². The topological polar surface area (TPSA) is 140 Å². The number of hydrogen-bond donors (Lipinski definition) is 4. The highest BCUT2D eigenvalue weighted by molar-refractivity contribution is 6.00. The maximum absolute atomic E-state index is 13.6. The molecule has 0 aliphatic heterocycles. The van der Waals surface area contributed by atoms with E-state index in [1.807, 2.05) is 0 Å². The van der Waals surface area contributed by atoms with Gasteiger partial charge in [-0.25, -0.2) is 19.7 Å². The molecule has 4 rings (SSSR count). The van der Waals surface area contributed by atoms with E-state index < -0.39 is 29.6 Å². The average Bonchev–Trinajstić information content (AvgIpc) is 3.28. The zero-order valence-corrected chi connectivity index (χ0v) is 19.8. The van der Waals surface area contributed by atoms with Gasteiger partial charge in [0.25, 0.3) is 0 Å². The van der Waals surface area contributed by atoms with Crippen molar-refractivity contribution in [1.29, 1.82) is 0 Å². The van der Waals surface area contributed by atoms with Crippen LogP contribution in [-0.4, -0.2) is 38.5 Å². The second kappa shape index (κ2) is 10.1. The first-order valence-electron chi connectivity index (χ1n) is 11.1. The lowest BCUT2D eigenvalue weighted by atomic mass is 9.92. The number of amides is 3. The Bertz CT molecular complexity index is 1450. The molecule has 0 radical (unpaired) electrons. The van der Waals surface area contributed by atoms with E-state index in [0.717, 1.165) is 11.8 Å². The van der Waals surface area contributed by atoms with Gasteiger partial charge < -0.3 is 21.7 Å². The highest BCUT2D eigenvalue weighted by Gasteiger charge is 2.35. The number of carbonyl (C=O) groups is 2. The van der Waals surface area contributed by atoms with Crippen molar-refractivity contribution in [3.8, 4) is 5.69 Å². The largest absolute Gasteiger partial charge is 0.416 e. The van der Waals surface area contributed by atoms with Crippen LogP contribution in [-0.2, 0) is 11.0 Å². The number of carbonyl (C=O) groups excluding carboxylic acids is 2. The van der Waals surface area contributed by atoms with Crippen LogP contribution >= 0.6 is 0 Å². The van der Waals surface area contributed by atoms with Gasteiger partial charge in [-0.05, 0) is 47.9 Å². The number of fused-ring (bicyclic) bond motifs is 1. The van der Waals surface area contributed by atoms with Crippen LogP contribution in [0.15, 0.2) is 55.1 Å². The molecule has 13 heteroatoms. The van der Waals surface area contributed by atoms with Gasteiger partial charge in [0.2, 0.25) is 5.91 Å². The van der Waals surface area contributed by atoms with Gasteiger partial charge in [0.05, 0.1) is 5.56 Å². The van der Waals surface area contributed by atoms with Gasteiger partial charge in [-0.2, -0.15) is 13.2 Å². The normalized spacial score (nSPS) is 12.2. The molecule has 1 atom stereocenters. The van der Waals surface area contributed by atoms with Crippen molar-refractivity contribution in [2.24, 2.45) is 5.73 Å². The fraction of sp³-hybridized carbons (Fsp3) is 0.208. The Labute approximate surface area is 209 Å². The smallest absolute Gasteiger partial charge is 0.371 e. The van der Waals surface area contributed by atoms with Crippen molar-refractivity contribution in [3.05, 3.63) is 66.2 Å². The summed E-state index contributed by atoms with van der Waals surface area (Å²) >= 11 is 0. The third-order valence-corrected chi connectivity index (χ3v) is 5.63. The van der Waals surface area contributed by atoms with E-state index in [4.69, 9.17) is 5.73 Å². The van der Waals surface area contributed by atoms with Crippen LogP contribution in [0.25, 0.3) is 16.9 Å². The first-order chi connectivity index (χ1) is 17.6. The highest BCUT2D eigenvalue weighted by Crippen LogP contribution is 2.37. The molecule has 2 heterocycles. The zero-order chi connectivity index (χ0) is 26.7. The summed E-state index contributed by atoms with van der Waals surface area (Å²) in [7, 11) is 1.73. The third kappa shape index (κ3) is 5.60. The van der Waals surface area contributed by atoms with Crippen molar-refractivity contribution in [1.82, 2.24) is 19.5 Å². The predicted molar refractivity (Wildman–Crippen MR) is 133 cm³/mol. The molecule has 3 amide bonds. The van der Waals surface area contributed by atoms with Gasteiger partial charge in [-0.3, -0.25) is 9.36 Å². The summed E-state index contributed by atoms with van der Waals surface area (Å²) in [6.45, 7) is 1.48. The lowest BCUT2D eigenvalue weighted by molar-refractivity contribution is -0.138. The van der Waals surface area contributed by atoms with E-state index >= 15 is 0 Å². The number of anilines is 3. The molecule has 0 bridgehead atoms. The number of nitrogens with two attached hydrogens (primary N) is 1. The SMILES string of the molecule is CNc1ncnc2c1ncn2-c1ccc(NC(=O)Nc2ccc(C(C)CC(N)=O)c(C(F)(F)F)c2)cc1. The Morgan fingerprint density at radius 1 is 1.03 bits per heavy atom.